The highest BCUT2D eigenvalue weighted by atomic mass is 32.2. The first-order valence-electron chi connectivity index (χ1n) is 6.21. The summed E-state index contributed by atoms with van der Waals surface area (Å²) in [5.41, 5.74) is 5.57. The average Bonchev–Trinajstić information content (AvgIpc) is 2.75. The van der Waals surface area contributed by atoms with Crippen molar-refractivity contribution >= 4 is 21.4 Å². The van der Waals surface area contributed by atoms with Crippen molar-refractivity contribution in [2.45, 2.75) is 31.3 Å². The van der Waals surface area contributed by atoms with Crippen molar-refractivity contribution in [3.8, 4) is 0 Å². The van der Waals surface area contributed by atoms with Gasteiger partial charge in [-0.15, -0.1) is 11.3 Å². The van der Waals surface area contributed by atoms with Crippen molar-refractivity contribution in [1.82, 2.24) is 9.62 Å². The van der Waals surface area contributed by atoms with Crippen LogP contribution >= 0.6 is 11.3 Å². The fraction of sp³-hybridized carbons (Fsp3) is 0.667. The maximum Gasteiger partial charge on any atom is 0.242 e. The average molecular weight is 305 g/mol. The van der Waals surface area contributed by atoms with Crippen LogP contribution in [0.15, 0.2) is 16.3 Å². The first kappa shape index (κ1) is 16.6. The van der Waals surface area contributed by atoms with Crippen molar-refractivity contribution < 1.29 is 8.42 Å². The molecule has 0 saturated heterocycles. The van der Waals surface area contributed by atoms with E-state index in [4.69, 9.17) is 5.73 Å². The minimum atomic E-state index is -3.50. The molecule has 110 valence electrons. The molecule has 0 amide bonds. The summed E-state index contributed by atoms with van der Waals surface area (Å²) in [6.07, 6.45) is 0. The molecule has 5 nitrogen and oxygen atoms in total. The van der Waals surface area contributed by atoms with E-state index in [0.29, 0.717) is 16.3 Å². The van der Waals surface area contributed by atoms with Crippen LogP contribution in [-0.2, 0) is 16.6 Å². The second kappa shape index (κ2) is 6.81. The highest BCUT2D eigenvalue weighted by Crippen LogP contribution is 2.22. The van der Waals surface area contributed by atoms with Crippen molar-refractivity contribution in [3.05, 3.63) is 16.3 Å². The van der Waals surface area contributed by atoms with Crippen LogP contribution in [0.1, 0.15) is 18.7 Å². The summed E-state index contributed by atoms with van der Waals surface area (Å²) < 4.78 is 27.6. The van der Waals surface area contributed by atoms with Gasteiger partial charge in [0, 0.05) is 24.0 Å². The number of sulfonamides is 1. The quantitative estimate of drug-likeness (QED) is 0.790. The van der Waals surface area contributed by atoms with E-state index in [0.717, 1.165) is 0 Å². The van der Waals surface area contributed by atoms with Gasteiger partial charge in [-0.25, -0.2) is 13.1 Å². The molecule has 1 heterocycles. The van der Waals surface area contributed by atoms with Gasteiger partial charge in [0.1, 0.15) is 0 Å². The first-order valence-corrected chi connectivity index (χ1v) is 8.57. The highest BCUT2D eigenvalue weighted by molar-refractivity contribution is 7.89. The zero-order chi connectivity index (χ0) is 14.6. The van der Waals surface area contributed by atoms with E-state index in [1.165, 1.54) is 11.3 Å². The van der Waals surface area contributed by atoms with Gasteiger partial charge in [0.2, 0.25) is 10.0 Å². The van der Waals surface area contributed by atoms with Crippen LogP contribution in [0.25, 0.3) is 0 Å². The summed E-state index contributed by atoms with van der Waals surface area (Å²) in [6, 6.07) is 1.49. The van der Waals surface area contributed by atoms with E-state index in [-0.39, 0.29) is 18.5 Å². The summed E-state index contributed by atoms with van der Waals surface area (Å²) >= 11 is 1.37. The first-order chi connectivity index (χ1) is 8.77. The Hall–Kier alpha value is -0.470. The van der Waals surface area contributed by atoms with Crippen LogP contribution < -0.4 is 10.5 Å². The molecule has 0 saturated carbocycles. The summed E-state index contributed by atoms with van der Waals surface area (Å²) in [5.74, 6) is 0.220. The molecule has 0 radical (unpaired) electrons. The van der Waals surface area contributed by atoms with Gasteiger partial charge in [0.25, 0.3) is 0 Å². The molecule has 0 bridgehead atoms. The molecule has 7 heteroatoms. The van der Waals surface area contributed by atoms with Gasteiger partial charge in [0.15, 0.2) is 0 Å². The van der Waals surface area contributed by atoms with E-state index in [2.05, 4.69) is 4.72 Å². The SMILES string of the molecule is CC(C)C(CN(C)C)NS(=O)(=O)c1ccsc1CN. The fourth-order valence-electron chi connectivity index (χ4n) is 1.76. The number of nitrogens with one attached hydrogen (secondary N) is 1. The van der Waals surface area contributed by atoms with E-state index in [1.54, 1.807) is 11.4 Å². The van der Waals surface area contributed by atoms with Gasteiger partial charge in [-0.05, 0) is 31.5 Å². The van der Waals surface area contributed by atoms with Gasteiger partial charge in [-0.1, -0.05) is 13.8 Å². The molecule has 1 unspecified atom stereocenters. The molecule has 0 fully saturated rings. The predicted molar refractivity (Wildman–Crippen MR) is 79.7 cm³/mol. The third-order valence-corrected chi connectivity index (χ3v) is 5.50. The fourth-order valence-corrected chi connectivity index (χ4v) is 4.47. The molecular formula is C12H23N3O2S2. The van der Waals surface area contributed by atoms with Gasteiger partial charge in [0.05, 0.1) is 4.90 Å². The second-order valence-corrected chi connectivity index (χ2v) is 7.83. The molecule has 0 aromatic carbocycles. The number of thiophene rings is 1. The Morgan fingerprint density at radius 2 is 2.05 bits per heavy atom. The maximum atomic E-state index is 12.4. The summed E-state index contributed by atoms with van der Waals surface area (Å²) in [7, 11) is 0.364. The van der Waals surface area contributed by atoms with Gasteiger partial charge in [-0.2, -0.15) is 0 Å². The van der Waals surface area contributed by atoms with Crippen molar-refractivity contribution in [2.75, 3.05) is 20.6 Å². The van der Waals surface area contributed by atoms with Crippen LogP contribution in [0, 0.1) is 5.92 Å². The number of nitrogens with two attached hydrogens (primary N) is 1. The lowest BCUT2D eigenvalue weighted by Gasteiger charge is -2.25. The molecule has 1 rings (SSSR count). The molecular weight excluding hydrogens is 282 g/mol. The lowest BCUT2D eigenvalue weighted by atomic mass is 10.1. The van der Waals surface area contributed by atoms with Crippen LogP contribution in [0.4, 0.5) is 0 Å². The smallest absolute Gasteiger partial charge is 0.242 e. The Morgan fingerprint density at radius 1 is 1.42 bits per heavy atom. The normalized spacial score (nSPS) is 14.3. The largest absolute Gasteiger partial charge is 0.326 e. The highest BCUT2D eigenvalue weighted by Gasteiger charge is 2.25. The van der Waals surface area contributed by atoms with Crippen molar-refractivity contribution in [1.29, 1.82) is 0 Å². The van der Waals surface area contributed by atoms with Crippen molar-refractivity contribution in [3.63, 3.8) is 0 Å². The monoisotopic (exact) mass is 305 g/mol. The third-order valence-electron chi connectivity index (χ3n) is 2.85. The molecule has 0 aliphatic carbocycles. The third kappa shape index (κ3) is 4.54. The number of nitrogens with zero attached hydrogens (tertiary/aromatic N) is 1. The molecule has 1 atom stereocenters. The number of likely N-dealkylation sites (N-methyl/N-ethyl adjacent to an activating group) is 1. The van der Waals surface area contributed by atoms with E-state index in [1.807, 2.05) is 32.8 Å². The zero-order valence-electron chi connectivity index (χ0n) is 11.9. The lowest BCUT2D eigenvalue weighted by molar-refractivity contribution is 0.314. The maximum absolute atomic E-state index is 12.4. The summed E-state index contributed by atoms with van der Waals surface area (Å²) in [4.78, 5) is 2.98. The topological polar surface area (TPSA) is 75.4 Å². The Labute approximate surface area is 119 Å². The second-order valence-electron chi connectivity index (χ2n) is 5.15. The number of rotatable bonds is 7. The number of hydrogen-bond acceptors (Lipinski definition) is 5. The minimum absolute atomic E-state index is 0.120. The molecule has 1 aromatic rings. The molecule has 0 aliphatic heterocycles. The molecule has 0 spiro atoms. The van der Waals surface area contributed by atoms with Crippen LogP contribution in [0.2, 0.25) is 0 Å². The molecule has 0 aliphatic rings. The van der Waals surface area contributed by atoms with E-state index >= 15 is 0 Å². The molecule has 3 N–H and O–H groups in total. The Bertz CT molecular complexity index is 495. The number of hydrogen-bond donors (Lipinski definition) is 2. The van der Waals surface area contributed by atoms with Gasteiger partial charge < -0.3 is 10.6 Å². The van der Waals surface area contributed by atoms with Gasteiger partial charge >= 0.3 is 0 Å². The van der Waals surface area contributed by atoms with E-state index < -0.39 is 10.0 Å². The van der Waals surface area contributed by atoms with Crippen LogP contribution in [-0.4, -0.2) is 40.0 Å². The summed E-state index contributed by atoms with van der Waals surface area (Å²) in [5, 5.41) is 1.76. The lowest BCUT2D eigenvalue weighted by Crippen LogP contribution is -2.45. The Balaban J connectivity index is 2.94. The molecule has 1 aromatic heterocycles. The minimum Gasteiger partial charge on any atom is -0.326 e. The Kier molecular flexibility index (Phi) is 5.94. The zero-order valence-corrected chi connectivity index (χ0v) is 13.5. The standard InChI is InChI=1S/C12H23N3O2S2/c1-9(2)10(8-15(3)4)14-19(16,17)12-5-6-18-11(12)7-13/h5-6,9-10,14H,7-8,13H2,1-4H3. The summed E-state index contributed by atoms with van der Waals surface area (Å²) in [6.45, 7) is 4.93. The Morgan fingerprint density at radius 3 is 2.53 bits per heavy atom. The van der Waals surface area contributed by atoms with Crippen LogP contribution in [0.3, 0.4) is 0 Å². The van der Waals surface area contributed by atoms with E-state index in [9.17, 15) is 8.42 Å². The van der Waals surface area contributed by atoms with Crippen molar-refractivity contribution in [2.24, 2.45) is 11.7 Å². The van der Waals surface area contributed by atoms with Crippen LogP contribution in [0.5, 0.6) is 0 Å². The van der Waals surface area contributed by atoms with Gasteiger partial charge in [-0.3, -0.25) is 0 Å². The molecule has 19 heavy (non-hydrogen) atoms. The predicted octanol–water partition coefficient (Wildman–Crippen LogP) is 1.07.